The van der Waals surface area contributed by atoms with Gasteiger partial charge in [0.1, 0.15) is 0 Å². The van der Waals surface area contributed by atoms with E-state index in [1.54, 1.807) is 4.90 Å². The van der Waals surface area contributed by atoms with Crippen LogP contribution in [-0.4, -0.2) is 48.2 Å². The van der Waals surface area contributed by atoms with Gasteiger partial charge in [0.15, 0.2) is 0 Å². The van der Waals surface area contributed by atoms with Crippen molar-refractivity contribution in [2.75, 3.05) is 26.2 Å². The SMILES string of the molecule is O=C(O)C1CCN(C(=O)NCCCOC2CCCc3ccccc32)C1. The predicted octanol–water partition coefficient (Wildman–Crippen LogP) is 2.59. The Labute approximate surface area is 148 Å². The number of aryl methyl sites for hydroxylation is 1. The first-order chi connectivity index (χ1) is 12.1. The van der Waals surface area contributed by atoms with Gasteiger partial charge in [0.05, 0.1) is 12.0 Å². The van der Waals surface area contributed by atoms with E-state index in [9.17, 15) is 9.59 Å². The molecule has 2 aliphatic rings. The minimum Gasteiger partial charge on any atom is -0.481 e. The molecule has 0 saturated carbocycles. The molecule has 1 aromatic carbocycles. The number of ether oxygens (including phenoxy) is 1. The number of hydrogen-bond acceptors (Lipinski definition) is 3. The van der Waals surface area contributed by atoms with Crippen molar-refractivity contribution < 1.29 is 19.4 Å². The van der Waals surface area contributed by atoms with Gasteiger partial charge in [-0.25, -0.2) is 4.79 Å². The number of amides is 2. The Hall–Kier alpha value is -2.08. The highest BCUT2D eigenvalue weighted by molar-refractivity contribution is 5.77. The summed E-state index contributed by atoms with van der Waals surface area (Å²) in [6, 6.07) is 8.27. The normalized spacial score (nSPS) is 22.5. The lowest BCUT2D eigenvalue weighted by molar-refractivity contribution is -0.141. The number of carboxylic acids is 1. The fraction of sp³-hybridized carbons (Fsp3) is 0.579. The zero-order valence-corrected chi connectivity index (χ0v) is 14.4. The molecule has 0 bridgehead atoms. The molecular formula is C19H26N2O4. The average Bonchev–Trinajstić information content (AvgIpc) is 3.12. The maximum absolute atomic E-state index is 12.0. The van der Waals surface area contributed by atoms with Crippen molar-refractivity contribution in [3.63, 3.8) is 0 Å². The Morgan fingerprint density at radius 1 is 1.28 bits per heavy atom. The number of fused-ring (bicyclic) bond motifs is 1. The Morgan fingerprint density at radius 2 is 2.12 bits per heavy atom. The lowest BCUT2D eigenvalue weighted by Gasteiger charge is -2.25. The number of nitrogens with one attached hydrogen (secondary N) is 1. The third-order valence-electron chi connectivity index (χ3n) is 5.06. The van der Waals surface area contributed by atoms with Crippen molar-refractivity contribution in [2.45, 2.75) is 38.2 Å². The molecule has 1 aliphatic carbocycles. The molecular weight excluding hydrogens is 320 g/mol. The highest BCUT2D eigenvalue weighted by Gasteiger charge is 2.30. The first-order valence-electron chi connectivity index (χ1n) is 9.10. The molecule has 2 amide bonds. The van der Waals surface area contributed by atoms with Crippen LogP contribution in [0.15, 0.2) is 24.3 Å². The number of rotatable bonds is 6. The molecule has 6 heteroatoms. The van der Waals surface area contributed by atoms with Crippen molar-refractivity contribution in [2.24, 2.45) is 5.92 Å². The van der Waals surface area contributed by atoms with Gasteiger partial charge < -0.3 is 20.1 Å². The molecule has 1 saturated heterocycles. The van der Waals surface area contributed by atoms with Crippen molar-refractivity contribution in [1.82, 2.24) is 10.2 Å². The number of carbonyl (C=O) groups is 2. The maximum Gasteiger partial charge on any atom is 0.317 e. The Morgan fingerprint density at radius 3 is 2.92 bits per heavy atom. The summed E-state index contributed by atoms with van der Waals surface area (Å²) in [4.78, 5) is 24.5. The molecule has 3 rings (SSSR count). The molecule has 2 unspecified atom stereocenters. The molecule has 25 heavy (non-hydrogen) atoms. The third-order valence-corrected chi connectivity index (χ3v) is 5.06. The number of likely N-dealkylation sites (tertiary alicyclic amines) is 1. The van der Waals surface area contributed by atoms with Crippen LogP contribution in [0.3, 0.4) is 0 Å². The van der Waals surface area contributed by atoms with E-state index in [4.69, 9.17) is 9.84 Å². The topological polar surface area (TPSA) is 78.9 Å². The molecule has 1 fully saturated rings. The lowest BCUT2D eigenvalue weighted by atomic mass is 9.89. The first kappa shape index (κ1) is 17.7. The molecule has 6 nitrogen and oxygen atoms in total. The molecule has 1 aromatic rings. The monoisotopic (exact) mass is 346 g/mol. The van der Waals surface area contributed by atoms with Gasteiger partial charge in [0.25, 0.3) is 0 Å². The van der Waals surface area contributed by atoms with Crippen LogP contribution in [0.1, 0.15) is 42.9 Å². The molecule has 1 heterocycles. The van der Waals surface area contributed by atoms with Crippen molar-refractivity contribution in [1.29, 1.82) is 0 Å². The van der Waals surface area contributed by atoms with Crippen LogP contribution in [0.4, 0.5) is 4.79 Å². The van der Waals surface area contributed by atoms with Crippen molar-refractivity contribution in [3.05, 3.63) is 35.4 Å². The van der Waals surface area contributed by atoms with Gasteiger partial charge in [-0.3, -0.25) is 4.79 Å². The van der Waals surface area contributed by atoms with Crippen LogP contribution in [-0.2, 0) is 16.0 Å². The predicted molar refractivity (Wildman–Crippen MR) is 93.4 cm³/mol. The van der Waals surface area contributed by atoms with E-state index in [1.807, 2.05) is 0 Å². The van der Waals surface area contributed by atoms with Crippen LogP contribution >= 0.6 is 0 Å². The summed E-state index contributed by atoms with van der Waals surface area (Å²) in [5.41, 5.74) is 2.68. The smallest absolute Gasteiger partial charge is 0.317 e. The standard InChI is InChI=1S/C19H26N2O4/c22-18(23)15-9-11-21(13-15)19(24)20-10-4-12-25-17-8-3-6-14-5-1-2-7-16(14)17/h1-2,5,7,15,17H,3-4,6,8-13H2,(H,20,24)(H,22,23). The summed E-state index contributed by atoms with van der Waals surface area (Å²) < 4.78 is 6.02. The van der Waals surface area contributed by atoms with E-state index in [2.05, 4.69) is 29.6 Å². The van der Waals surface area contributed by atoms with Gasteiger partial charge >= 0.3 is 12.0 Å². The number of carboxylic acid groups (broad SMARTS) is 1. The second kappa shape index (κ2) is 8.34. The summed E-state index contributed by atoms with van der Waals surface area (Å²) in [5, 5.41) is 11.8. The number of nitrogens with zero attached hydrogens (tertiary/aromatic N) is 1. The first-order valence-corrected chi connectivity index (χ1v) is 9.10. The molecule has 136 valence electrons. The summed E-state index contributed by atoms with van der Waals surface area (Å²) in [6.07, 6.45) is 4.77. The fourth-order valence-electron chi connectivity index (χ4n) is 3.63. The van der Waals surface area contributed by atoms with E-state index in [-0.39, 0.29) is 12.1 Å². The Bertz CT molecular complexity index is 619. The molecule has 0 aromatic heterocycles. The summed E-state index contributed by atoms with van der Waals surface area (Å²) in [6.45, 7) is 1.97. The zero-order chi connectivity index (χ0) is 17.6. The van der Waals surface area contributed by atoms with Crippen LogP contribution in [0.25, 0.3) is 0 Å². The van der Waals surface area contributed by atoms with Crippen LogP contribution in [0, 0.1) is 5.92 Å². The number of aliphatic carboxylic acids is 1. The number of urea groups is 1. The number of carbonyl (C=O) groups excluding carboxylic acids is 1. The third kappa shape index (κ3) is 4.51. The molecule has 0 radical (unpaired) electrons. The van der Waals surface area contributed by atoms with Gasteiger partial charge in [-0.1, -0.05) is 24.3 Å². The minimum atomic E-state index is -0.823. The highest BCUT2D eigenvalue weighted by atomic mass is 16.5. The van der Waals surface area contributed by atoms with E-state index in [1.165, 1.54) is 11.1 Å². The van der Waals surface area contributed by atoms with Crippen LogP contribution < -0.4 is 5.32 Å². The molecule has 2 atom stereocenters. The Balaban J connectivity index is 1.35. The summed E-state index contributed by atoms with van der Waals surface area (Å²) in [5.74, 6) is -1.25. The van der Waals surface area contributed by atoms with Crippen molar-refractivity contribution in [3.8, 4) is 0 Å². The van der Waals surface area contributed by atoms with Gasteiger partial charge in [-0.15, -0.1) is 0 Å². The second-order valence-electron chi connectivity index (χ2n) is 6.81. The van der Waals surface area contributed by atoms with Crippen molar-refractivity contribution >= 4 is 12.0 Å². The molecule has 2 N–H and O–H groups in total. The summed E-state index contributed by atoms with van der Waals surface area (Å²) in [7, 11) is 0. The van der Waals surface area contributed by atoms with Gasteiger partial charge in [-0.2, -0.15) is 0 Å². The zero-order valence-electron chi connectivity index (χ0n) is 14.4. The lowest BCUT2D eigenvalue weighted by Crippen LogP contribution is -2.39. The number of benzene rings is 1. The van der Waals surface area contributed by atoms with Crippen LogP contribution in [0.5, 0.6) is 0 Å². The highest BCUT2D eigenvalue weighted by Crippen LogP contribution is 2.32. The number of hydrogen-bond donors (Lipinski definition) is 2. The van der Waals surface area contributed by atoms with Gasteiger partial charge in [0.2, 0.25) is 0 Å². The fourth-order valence-corrected chi connectivity index (χ4v) is 3.63. The van der Waals surface area contributed by atoms with E-state index in [0.29, 0.717) is 32.7 Å². The maximum atomic E-state index is 12.0. The molecule has 0 spiro atoms. The molecule has 1 aliphatic heterocycles. The second-order valence-corrected chi connectivity index (χ2v) is 6.81. The average molecular weight is 346 g/mol. The van der Waals surface area contributed by atoms with E-state index < -0.39 is 11.9 Å². The van der Waals surface area contributed by atoms with E-state index in [0.717, 1.165) is 25.7 Å². The Kier molecular flexibility index (Phi) is 5.91. The van der Waals surface area contributed by atoms with Gasteiger partial charge in [0, 0.05) is 26.2 Å². The van der Waals surface area contributed by atoms with E-state index >= 15 is 0 Å². The minimum absolute atomic E-state index is 0.163. The van der Waals surface area contributed by atoms with Crippen LogP contribution in [0.2, 0.25) is 0 Å². The quantitative estimate of drug-likeness (QED) is 0.776. The van der Waals surface area contributed by atoms with Gasteiger partial charge in [-0.05, 0) is 43.2 Å². The largest absolute Gasteiger partial charge is 0.481 e. The summed E-state index contributed by atoms with van der Waals surface area (Å²) >= 11 is 0.